The van der Waals surface area contributed by atoms with Gasteiger partial charge in [-0.15, -0.1) is 21.5 Å². The van der Waals surface area contributed by atoms with Crippen molar-refractivity contribution in [2.75, 3.05) is 31.9 Å². The average molecular weight is 483 g/mol. The molecule has 1 aromatic carbocycles. The lowest BCUT2D eigenvalue weighted by Crippen LogP contribution is -2.48. The Morgan fingerprint density at radius 2 is 1.94 bits per heavy atom. The highest BCUT2D eigenvalue weighted by atomic mass is 35.5. The van der Waals surface area contributed by atoms with E-state index in [1.165, 1.54) is 40.9 Å². The Bertz CT molecular complexity index is 1010. The number of aromatic nitrogens is 2. The van der Waals surface area contributed by atoms with Gasteiger partial charge in [0.2, 0.25) is 5.91 Å². The topological polar surface area (TPSA) is 71.7 Å². The molecule has 11 heteroatoms. The molecule has 0 unspecified atom stereocenters. The van der Waals surface area contributed by atoms with Crippen LogP contribution >= 0.6 is 34.7 Å². The fourth-order valence-electron chi connectivity index (χ4n) is 3.06. The summed E-state index contributed by atoms with van der Waals surface area (Å²) in [6, 6.07) is 9.63. The van der Waals surface area contributed by atoms with E-state index in [1.807, 2.05) is 17.0 Å². The number of halogens is 2. The molecule has 7 nitrogen and oxygen atoms in total. The van der Waals surface area contributed by atoms with E-state index in [0.717, 1.165) is 24.0 Å². The third-order valence-corrected chi connectivity index (χ3v) is 6.70. The van der Waals surface area contributed by atoms with E-state index in [1.54, 1.807) is 11.3 Å². The zero-order valence-corrected chi connectivity index (χ0v) is 18.9. The third-order valence-electron chi connectivity index (χ3n) is 4.68. The summed E-state index contributed by atoms with van der Waals surface area (Å²) in [5, 5.41) is 8.17. The number of nitrogens with zero attached hydrogens (tertiary/aromatic N) is 4. The molecule has 1 aliphatic heterocycles. The minimum Gasteiger partial charge on any atom is -0.484 e. The maximum atomic E-state index is 12.9. The second kappa shape index (κ2) is 10.4. The molecule has 164 valence electrons. The monoisotopic (exact) mass is 482 g/mol. The first kappa shape index (κ1) is 22.1. The summed E-state index contributed by atoms with van der Waals surface area (Å²) in [4.78, 5) is 17.9. The lowest BCUT2D eigenvalue weighted by Gasteiger charge is -2.34. The van der Waals surface area contributed by atoms with Crippen LogP contribution in [0.1, 0.15) is 10.8 Å². The van der Waals surface area contributed by atoms with Crippen molar-refractivity contribution in [2.24, 2.45) is 0 Å². The predicted octanol–water partition coefficient (Wildman–Crippen LogP) is 3.94. The molecule has 0 saturated carbocycles. The Morgan fingerprint density at radius 1 is 1.16 bits per heavy atom. The highest BCUT2D eigenvalue weighted by molar-refractivity contribution is 7.99. The molecule has 0 spiro atoms. The summed E-state index contributed by atoms with van der Waals surface area (Å²) in [5.41, 5.74) is 0. The van der Waals surface area contributed by atoms with Crippen LogP contribution in [-0.4, -0.2) is 57.8 Å². The van der Waals surface area contributed by atoms with Gasteiger partial charge in [-0.1, -0.05) is 23.4 Å². The largest absolute Gasteiger partial charge is 0.484 e. The highest BCUT2D eigenvalue weighted by Crippen LogP contribution is 2.23. The van der Waals surface area contributed by atoms with Crippen LogP contribution in [0.15, 0.2) is 46.0 Å². The van der Waals surface area contributed by atoms with Crippen LogP contribution in [0.4, 0.5) is 4.39 Å². The van der Waals surface area contributed by atoms with Crippen LogP contribution < -0.4 is 4.74 Å². The Kier molecular flexibility index (Phi) is 7.44. The molecule has 0 aliphatic carbocycles. The number of amides is 1. The summed E-state index contributed by atoms with van der Waals surface area (Å²) < 4.78 is 24.7. The standard InChI is InChI=1S/C20H20ClFN4O3S2/c21-17-6-5-16(31-17)11-25-7-9-26(10-8-25)19(27)13-30-20-24-23-18(29-20)12-28-15-3-1-14(22)2-4-15/h1-6H,7-13H2. The van der Waals surface area contributed by atoms with Crippen molar-refractivity contribution >= 4 is 40.6 Å². The Morgan fingerprint density at radius 3 is 2.65 bits per heavy atom. The maximum Gasteiger partial charge on any atom is 0.277 e. The molecule has 1 fully saturated rings. The van der Waals surface area contributed by atoms with Crippen molar-refractivity contribution in [3.8, 4) is 5.75 Å². The van der Waals surface area contributed by atoms with Crippen molar-refractivity contribution in [2.45, 2.75) is 18.4 Å². The van der Waals surface area contributed by atoms with Crippen molar-refractivity contribution in [3.63, 3.8) is 0 Å². The van der Waals surface area contributed by atoms with E-state index in [0.29, 0.717) is 30.0 Å². The lowest BCUT2D eigenvalue weighted by atomic mass is 10.3. The van der Waals surface area contributed by atoms with Crippen molar-refractivity contribution < 1.29 is 18.3 Å². The zero-order chi connectivity index (χ0) is 21.6. The highest BCUT2D eigenvalue weighted by Gasteiger charge is 2.22. The summed E-state index contributed by atoms with van der Waals surface area (Å²) in [6.07, 6.45) is 0. The zero-order valence-electron chi connectivity index (χ0n) is 16.5. The summed E-state index contributed by atoms with van der Waals surface area (Å²) >= 11 is 8.79. The molecule has 3 heterocycles. The fraction of sp³-hybridized carbons (Fsp3) is 0.350. The molecule has 4 rings (SSSR count). The molecule has 0 bridgehead atoms. The van der Waals surface area contributed by atoms with Crippen LogP contribution in [0, 0.1) is 5.82 Å². The van der Waals surface area contributed by atoms with E-state index in [2.05, 4.69) is 15.1 Å². The molecule has 3 aromatic rings. The molecular weight excluding hydrogens is 463 g/mol. The van der Waals surface area contributed by atoms with Crippen molar-refractivity contribution in [3.05, 3.63) is 57.3 Å². The van der Waals surface area contributed by atoms with Gasteiger partial charge in [0.05, 0.1) is 10.1 Å². The van der Waals surface area contributed by atoms with E-state index >= 15 is 0 Å². The molecule has 1 aliphatic rings. The number of carbonyl (C=O) groups excluding carboxylic acids is 1. The van der Waals surface area contributed by atoms with Crippen molar-refractivity contribution in [1.82, 2.24) is 20.0 Å². The average Bonchev–Trinajstić information content (AvgIpc) is 3.41. The number of ether oxygens (including phenoxy) is 1. The normalized spacial score (nSPS) is 14.7. The molecule has 0 atom stereocenters. The number of hydrogen-bond donors (Lipinski definition) is 0. The molecule has 0 N–H and O–H groups in total. The third kappa shape index (κ3) is 6.42. The quantitative estimate of drug-likeness (QED) is 0.450. The van der Waals surface area contributed by atoms with Gasteiger partial charge in [0.25, 0.3) is 11.1 Å². The van der Waals surface area contributed by atoms with Gasteiger partial charge in [0, 0.05) is 37.6 Å². The van der Waals surface area contributed by atoms with Gasteiger partial charge in [-0.3, -0.25) is 9.69 Å². The number of carbonyl (C=O) groups is 1. The first-order valence-electron chi connectivity index (χ1n) is 9.63. The molecule has 0 radical (unpaired) electrons. The predicted molar refractivity (Wildman–Crippen MR) is 117 cm³/mol. The fourth-order valence-corrected chi connectivity index (χ4v) is 4.87. The first-order chi connectivity index (χ1) is 15.0. The van der Waals surface area contributed by atoms with Gasteiger partial charge in [-0.2, -0.15) is 0 Å². The maximum absolute atomic E-state index is 12.9. The number of benzene rings is 1. The summed E-state index contributed by atoms with van der Waals surface area (Å²) in [6.45, 7) is 3.98. The van der Waals surface area contributed by atoms with Crippen molar-refractivity contribution in [1.29, 1.82) is 0 Å². The smallest absolute Gasteiger partial charge is 0.277 e. The minimum atomic E-state index is -0.331. The van der Waals surface area contributed by atoms with E-state index < -0.39 is 0 Å². The van der Waals surface area contributed by atoms with Gasteiger partial charge in [0.1, 0.15) is 11.6 Å². The van der Waals surface area contributed by atoms with Gasteiger partial charge >= 0.3 is 0 Å². The van der Waals surface area contributed by atoms with Crippen LogP contribution in [0.5, 0.6) is 5.75 Å². The Hall–Kier alpha value is -2.14. The van der Waals surface area contributed by atoms with Gasteiger partial charge in [-0.25, -0.2) is 4.39 Å². The summed E-state index contributed by atoms with van der Waals surface area (Å²) in [5.74, 6) is 0.751. The number of hydrogen-bond acceptors (Lipinski definition) is 8. The van der Waals surface area contributed by atoms with E-state index in [4.69, 9.17) is 20.8 Å². The molecule has 1 amide bonds. The number of thiophene rings is 1. The van der Waals surface area contributed by atoms with E-state index in [9.17, 15) is 9.18 Å². The number of rotatable bonds is 8. The molecule has 2 aromatic heterocycles. The van der Waals surface area contributed by atoms with Gasteiger partial charge < -0.3 is 14.1 Å². The van der Waals surface area contributed by atoms with Crippen LogP contribution in [-0.2, 0) is 17.9 Å². The lowest BCUT2D eigenvalue weighted by molar-refractivity contribution is -0.130. The van der Waals surface area contributed by atoms with Gasteiger partial charge in [0.15, 0.2) is 6.61 Å². The number of thioether (sulfide) groups is 1. The molecular formula is C20H20ClFN4O3S2. The van der Waals surface area contributed by atoms with Crippen LogP contribution in [0.25, 0.3) is 0 Å². The molecule has 31 heavy (non-hydrogen) atoms. The number of piperazine rings is 1. The Labute approximate surface area is 192 Å². The van der Waals surface area contributed by atoms with Crippen LogP contribution in [0.3, 0.4) is 0 Å². The SMILES string of the molecule is O=C(CSc1nnc(COc2ccc(F)cc2)o1)N1CCN(Cc2ccc(Cl)s2)CC1. The van der Waals surface area contributed by atoms with Crippen LogP contribution in [0.2, 0.25) is 4.34 Å². The van der Waals surface area contributed by atoms with E-state index in [-0.39, 0.29) is 24.1 Å². The second-order valence-corrected chi connectivity index (χ2v) is 9.58. The minimum absolute atomic E-state index is 0.0473. The second-order valence-electron chi connectivity index (χ2n) is 6.86. The molecule has 1 saturated heterocycles. The van der Waals surface area contributed by atoms with Gasteiger partial charge in [-0.05, 0) is 36.4 Å². The Balaban J connectivity index is 1.17. The first-order valence-corrected chi connectivity index (χ1v) is 11.8. The summed E-state index contributed by atoms with van der Waals surface area (Å²) in [7, 11) is 0.